The van der Waals surface area contributed by atoms with Gasteiger partial charge >= 0.3 is 6.09 Å². The second-order valence-corrected chi connectivity index (χ2v) is 6.16. The number of hydrogen-bond donors (Lipinski definition) is 2. The zero-order chi connectivity index (χ0) is 15.7. The highest BCUT2D eigenvalue weighted by atomic mass is 16.6. The SMILES string of the molecule is CC(C)(C)OC(=O)NCc1ccccc1CCCCCO. The summed E-state index contributed by atoms with van der Waals surface area (Å²) in [6.45, 7) is 6.28. The van der Waals surface area contributed by atoms with Crippen molar-refractivity contribution in [3.63, 3.8) is 0 Å². The van der Waals surface area contributed by atoms with Crippen molar-refractivity contribution >= 4 is 6.09 Å². The highest BCUT2D eigenvalue weighted by Crippen LogP contribution is 2.13. The Balaban J connectivity index is 2.49. The maximum absolute atomic E-state index is 11.7. The van der Waals surface area contributed by atoms with Crippen LogP contribution in [0.15, 0.2) is 24.3 Å². The molecule has 0 fully saturated rings. The van der Waals surface area contributed by atoms with E-state index < -0.39 is 11.7 Å². The number of hydrogen-bond acceptors (Lipinski definition) is 3. The van der Waals surface area contributed by atoms with E-state index in [1.165, 1.54) is 5.56 Å². The molecule has 118 valence electrons. The Kier molecular flexibility index (Phi) is 7.23. The topological polar surface area (TPSA) is 58.6 Å². The lowest BCUT2D eigenvalue weighted by Gasteiger charge is -2.20. The first kappa shape index (κ1) is 17.5. The summed E-state index contributed by atoms with van der Waals surface area (Å²) in [5.41, 5.74) is 1.88. The van der Waals surface area contributed by atoms with Crippen LogP contribution in [0.4, 0.5) is 4.79 Å². The Morgan fingerprint density at radius 1 is 1.14 bits per heavy atom. The number of nitrogens with one attached hydrogen (secondary N) is 1. The highest BCUT2D eigenvalue weighted by molar-refractivity contribution is 5.67. The number of unbranched alkanes of at least 4 members (excludes halogenated alkanes) is 2. The zero-order valence-electron chi connectivity index (χ0n) is 13.3. The summed E-state index contributed by atoms with van der Waals surface area (Å²) in [6, 6.07) is 8.10. The normalized spacial score (nSPS) is 11.2. The van der Waals surface area contributed by atoms with E-state index in [1.54, 1.807) is 0 Å². The standard InChI is InChI=1S/C17H27NO3/c1-17(2,3)21-16(20)18-13-15-11-7-6-10-14(15)9-5-4-8-12-19/h6-7,10-11,19H,4-5,8-9,12-13H2,1-3H3,(H,18,20). The van der Waals surface area contributed by atoms with Gasteiger partial charge in [0.1, 0.15) is 5.60 Å². The smallest absolute Gasteiger partial charge is 0.407 e. The molecule has 0 aromatic heterocycles. The van der Waals surface area contributed by atoms with Crippen molar-refractivity contribution in [1.82, 2.24) is 5.32 Å². The van der Waals surface area contributed by atoms with Gasteiger partial charge in [0.05, 0.1) is 0 Å². The van der Waals surface area contributed by atoms with Crippen molar-refractivity contribution in [3.8, 4) is 0 Å². The fourth-order valence-corrected chi connectivity index (χ4v) is 2.06. The van der Waals surface area contributed by atoms with Crippen LogP contribution in [-0.4, -0.2) is 23.4 Å². The third kappa shape index (κ3) is 7.71. The lowest BCUT2D eigenvalue weighted by Crippen LogP contribution is -2.32. The Morgan fingerprint density at radius 2 is 1.81 bits per heavy atom. The van der Waals surface area contributed by atoms with Crippen molar-refractivity contribution < 1.29 is 14.6 Å². The number of aliphatic hydroxyl groups excluding tert-OH is 1. The quantitative estimate of drug-likeness (QED) is 0.757. The van der Waals surface area contributed by atoms with Gasteiger partial charge in [0.15, 0.2) is 0 Å². The summed E-state index contributed by atoms with van der Waals surface area (Å²) in [5, 5.41) is 11.6. The lowest BCUT2D eigenvalue weighted by molar-refractivity contribution is 0.0523. The average molecular weight is 293 g/mol. The summed E-state index contributed by atoms with van der Waals surface area (Å²) >= 11 is 0. The molecule has 4 heteroatoms. The van der Waals surface area contributed by atoms with Gasteiger partial charge in [-0.15, -0.1) is 0 Å². The van der Waals surface area contributed by atoms with Crippen LogP contribution in [0.25, 0.3) is 0 Å². The van der Waals surface area contributed by atoms with Gasteiger partial charge in [0.2, 0.25) is 0 Å². The second kappa shape index (κ2) is 8.67. The van der Waals surface area contributed by atoms with Crippen LogP contribution in [-0.2, 0) is 17.7 Å². The number of ether oxygens (including phenoxy) is 1. The Bertz CT molecular complexity index is 438. The van der Waals surface area contributed by atoms with Gasteiger partial charge in [-0.25, -0.2) is 4.79 Å². The molecule has 1 amide bonds. The molecule has 1 aromatic rings. The number of carbonyl (C=O) groups is 1. The maximum atomic E-state index is 11.7. The molecular weight excluding hydrogens is 266 g/mol. The molecule has 0 heterocycles. The van der Waals surface area contributed by atoms with Crippen LogP contribution in [0.5, 0.6) is 0 Å². The van der Waals surface area contributed by atoms with Crippen LogP contribution in [0.2, 0.25) is 0 Å². The van der Waals surface area contributed by atoms with E-state index in [2.05, 4.69) is 11.4 Å². The number of carbonyl (C=O) groups excluding carboxylic acids is 1. The van der Waals surface area contributed by atoms with Crippen LogP contribution < -0.4 is 5.32 Å². The molecule has 0 spiro atoms. The number of amides is 1. The molecule has 0 aliphatic heterocycles. The van der Waals surface area contributed by atoms with E-state index in [9.17, 15) is 4.79 Å². The van der Waals surface area contributed by atoms with Crippen molar-refractivity contribution in [2.75, 3.05) is 6.61 Å². The molecule has 0 radical (unpaired) electrons. The minimum Gasteiger partial charge on any atom is -0.444 e. The van der Waals surface area contributed by atoms with Gasteiger partial charge in [-0.3, -0.25) is 0 Å². The molecule has 21 heavy (non-hydrogen) atoms. The van der Waals surface area contributed by atoms with Crippen molar-refractivity contribution in [2.24, 2.45) is 0 Å². The zero-order valence-corrected chi connectivity index (χ0v) is 13.3. The van der Waals surface area contributed by atoms with E-state index in [0.717, 1.165) is 31.2 Å². The number of rotatable bonds is 7. The molecule has 1 aromatic carbocycles. The highest BCUT2D eigenvalue weighted by Gasteiger charge is 2.15. The van der Waals surface area contributed by atoms with Gasteiger partial charge < -0.3 is 15.2 Å². The number of benzene rings is 1. The average Bonchev–Trinajstić information content (AvgIpc) is 2.40. The molecule has 1 rings (SSSR count). The van der Waals surface area contributed by atoms with Crippen LogP contribution in [0, 0.1) is 0 Å². The van der Waals surface area contributed by atoms with Crippen LogP contribution in [0.1, 0.15) is 51.2 Å². The molecule has 0 bridgehead atoms. The van der Waals surface area contributed by atoms with E-state index in [1.807, 2.05) is 39.0 Å². The minimum absolute atomic E-state index is 0.252. The summed E-state index contributed by atoms with van der Waals surface area (Å²) < 4.78 is 5.23. The van der Waals surface area contributed by atoms with Gasteiger partial charge in [-0.05, 0) is 51.2 Å². The summed E-state index contributed by atoms with van der Waals surface area (Å²) in [7, 11) is 0. The monoisotopic (exact) mass is 293 g/mol. The summed E-state index contributed by atoms with van der Waals surface area (Å²) in [5.74, 6) is 0. The second-order valence-electron chi connectivity index (χ2n) is 6.16. The predicted octanol–water partition coefficient (Wildman–Crippen LogP) is 3.42. The Morgan fingerprint density at radius 3 is 2.43 bits per heavy atom. The fourth-order valence-electron chi connectivity index (χ4n) is 2.06. The molecule has 0 aliphatic rings. The van der Waals surface area contributed by atoms with Crippen LogP contribution in [0.3, 0.4) is 0 Å². The number of aliphatic hydroxyl groups is 1. The summed E-state index contributed by atoms with van der Waals surface area (Å²) in [6.07, 6.45) is 3.48. The van der Waals surface area contributed by atoms with Gasteiger partial charge in [0, 0.05) is 13.2 Å². The minimum atomic E-state index is -0.478. The molecule has 0 saturated carbocycles. The van der Waals surface area contributed by atoms with E-state index in [4.69, 9.17) is 9.84 Å². The molecule has 0 atom stereocenters. The Hall–Kier alpha value is -1.55. The molecule has 0 unspecified atom stereocenters. The van der Waals surface area contributed by atoms with Gasteiger partial charge in [-0.1, -0.05) is 30.7 Å². The predicted molar refractivity (Wildman–Crippen MR) is 84.2 cm³/mol. The van der Waals surface area contributed by atoms with Crippen LogP contribution >= 0.6 is 0 Å². The van der Waals surface area contributed by atoms with Gasteiger partial charge in [0.25, 0.3) is 0 Å². The maximum Gasteiger partial charge on any atom is 0.407 e. The third-order valence-electron chi connectivity index (χ3n) is 3.04. The lowest BCUT2D eigenvalue weighted by atomic mass is 10.0. The number of alkyl carbamates (subject to hydrolysis) is 1. The first-order chi connectivity index (χ1) is 9.92. The molecule has 0 saturated heterocycles. The molecule has 2 N–H and O–H groups in total. The fraction of sp³-hybridized carbons (Fsp3) is 0.588. The van der Waals surface area contributed by atoms with E-state index in [-0.39, 0.29) is 6.61 Å². The summed E-state index contributed by atoms with van der Waals surface area (Å²) in [4.78, 5) is 11.7. The Labute approximate surface area is 127 Å². The van der Waals surface area contributed by atoms with Crippen molar-refractivity contribution in [2.45, 2.75) is 58.6 Å². The first-order valence-electron chi connectivity index (χ1n) is 7.57. The first-order valence-corrected chi connectivity index (χ1v) is 7.57. The molecule has 4 nitrogen and oxygen atoms in total. The van der Waals surface area contributed by atoms with E-state index in [0.29, 0.717) is 6.54 Å². The van der Waals surface area contributed by atoms with Gasteiger partial charge in [-0.2, -0.15) is 0 Å². The molecular formula is C17H27NO3. The van der Waals surface area contributed by atoms with Crippen molar-refractivity contribution in [3.05, 3.63) is 35.4 Å². The third-order valence-corrected chi connectivity index (χ3v) is 3.04. The molecule has 0 aliphatic carbocycles. The largest absolute Gasteiger partial charge is 0.444 e. The number of aryl methyl sites for hydroxylation is 1. The van der Waals surface area contributed by atoms with Crippen molar-refractivity contribution in [1.29, 1.82) is 0 Å². The van der Waals surface area contributed by atoms with E-state index >= 15 is 0 Å².